The van der Waals surface area contributed by atoms with Crippen LogP contribution in [0, 0.1) is 18.6 Å². The third-order valence-electron chi connectivity index (χ3n) is 2.52. The van der Waals surface area contributed by atoms with Crippen molar-refractivity contribution >= 4 is 11.6 Å². The van der Waals surface area contributed by atoms with Gasteiger partial charge in [0.05, 0.1) is 0 Å². The Labute approximate surface area is 99.0 Å². The van der Waals surface area contributed by atoms with Crippen molar-refractivity contribution in [2.24, 2.45) is 5.73 Å². The van der Waals surface area contributed by atoms with Crippen molar-refractivity contribution in [2.75, 3.05) is 5.32 Å². The van der Waals surface area contributed by atoms with E-state index in [2.05, 4.69) is 5.32 Å². The summed E-state index contributed by atoms with van der Waals surface area (Å²) in [4.78, 5) is 11.5. The Morgan fingerprint density at radius 1 is 1.47 bits per heavy atom. The Bertz CT molecular complexity index is 421. The van der Waals surface area contributed by atoms with Gasteiger partial charge < -0.3 is 11.1 Å². The first kappa shape index (κ1) is 13.6. The van der Waals surface area contributed by atoms with Gasteiger partial charge in [0.25, 0.3) is 0 Å². The summed E-state index contributed by atoms with van der Waals surface area (Å²) in [5.74, 6) is -2.02. The van der Waals surface area contributed by atoms with Crippen LogP contribution in [0.5, 0.6) is 0 Å². The molecular formula is C12H16F2N2O. The maximum absolute atomic E-state index is 13.6. The minimum absolute atomic E-state index is 0.0450. The summed E-state index contributed by atoms with van der Waals surface area (Å²) in [7, 11) is 0. The molecule has 0 fully saturated rings. The van der Waals surface area contributed by atoms with Crippen LogP contribution in [0.15, 0.2) is 12.1 Å². The first-order valence-corrected chi connectivity index (χ1v) is 5.45. The number of carbonyl (C=O) groups is 1. The number of aryl methyl sites for hydroxylation is 1. The predicted molar refractivity (Wildman–Crippen MR) is 62.6 cm³/mol. The van der Waals surface area contributed by atoms with Gasteiger partial charge in [0.1, 0.15) is 11.5 Å². The molecule has 0 saturated heterocycles. The van der Waals surface area contributed by atoms with E-state index in [0.717, 1.165) is 6.07 Å². The number of nitrogens with two attached hydrogens (primary N) is 1. The molecule has 0 aliphatic carbocycles. The molecule has 0 heterocycles. The number of carbonyl (C=O) groups excluding carboxylic acids is 1. The topological polar surface area (TPSA) is 55.1 Å². The van der Waals surface area contributed by atoms with E-state index in [1.54, 1.807) is 0 Å². The highest BCUT2D eigenvalue weighted by molar-refractivity contribution is 5.91. The Kier molecular flexibility index (Phi) is 4.57. The summed E-state index contributed by atoms with van der Waals surface area (Å²) >= 11 is 0. The number of amides is 1. The van der Waals surface area contributed by atoms with E-state index in [9.17, 15) is 13.6 Å². The van der Waals surface area contributed by atoms with Crippen LogP contribution >= 0.6 is 0 Å². The van der Waals surface area contributed by atoms with Gasteiger partial charge in [-0.1, -0.05) is 13.0 Å². The van der Waals surface area contributed by atoms with Crippen molar-refractivity contribution in [3.05, 3.63) is 29.3 Å². The van der Waals surface area contributed by atoms with E-state index >= 15 is 0 Å². The number of hydrogen-bond acceptors (Lipinski definition) is 2. The highest BCUT2D eigenvalue weighted by atomic mass is 19.1. The second kappa shape index (κ2) is 5.72. The summed E-state index contributed by atoms with van der Waals surface area (Å²) in [6, 6.07) is 2.14. The molecule has 94 valence electrons. The van der Waals surface area contributed by atoms with Crippen LogP contribution in [-0.4, -0.2) is 11.9 Å². The van der Waals surface area contributed by atoms with E-state index in [1.165, 1.54) is 13.0 Å². The van der Waals surface area contributed by atoms with Gasteiger partial charge in [0.2, 0.25) is 5.91 Å². The van der Waals surface area contributed by atoms with Gasteiger partial charge in [0, 0.05) is 12.5 Å². The molecule has 0 spiro atoms. The lowest BCUT2D eigenvalue weighted by Crippen LogP contribution is -2.26. The smallest absolute Gasteiger partial charge is 0.226 e. The van der Waals surface area contributed by atoms with Crippen molar-refractivity contribution in [3.8, 4) is 0 Å². The highest BCUT2D eigenvalue weighted by Crippen LogP contribution is 2.21. The van der Waals surface area contributed by atoms with Gasteiger partial charge in [-0.05, 0) is 25.0 Å². The first-order valence-electron chi connectivity index (χ1n) is 5.45. The van der Waals surface area contributed by atoms with Crippen LogP contribution in [0.4, 0.5) is 14.5 Å². The van der Waals surface area contributed by atoms with Gasteiger partial charge in [-0.2, -0.15) is 0 Å². The fourth-order valence-corrected chi connectivity index (χ4v) is 1.34. The third-order valence-corrected chi connectivity index (χ3v) is 2.52. The zero-order valence-electron chi connectivity index (χ0n) is 9.89. The quantitative estimate of drug-likeness (QED) is 0.851. The van der Waals surface area contributed by atoms with Crippen molar-refractivity contribution in [3.63, 3.8) is 0 Å². The highest BCUT2D eigenvalue weighted by Gasteiger charge is 2.15. The minimum atomic E-state index is -0.786. The van der Waals surface area contributed by atoms with Crippen LogP contribution in [0.2, 0.25) is 0 Å². The number of rotatable bonds is 4. The van der Waals surface area contributed by atoms with Crippen molar-refractivity contribution < 1.29 is 13.6 Å². The summed E-state index contributed by atoms with van der Waals surface area (Å²) in [5.41, 5.74) is 5.46. The molecular weight excluding hydrogens is 226 g/mol. The lowest BCUT2D eigenvalue weighted by Gasteiger charge is -2.11. The fourth-order valence-electron chi connectivity index (χ4n) is 1.34. The standard InChI is InChI=1S/C12H16F2N2O/c1-3-8(15)6-10(17)16-12-9(13)5-4-7(2)11(12)14/h4-5,8H,3,6,15H2,1-2H3,(H,16,17). The molecule has 1 amide bonds. The van der Waals surface area contributed by atoms with Crippen LogP contribution in [0.1, 0.15) is 25.3 Å². The van der Waals surface area contributed by atoms with Crippen LogP contribution < -0.4 is 11.1 Å². The van der Waals surface area contributed by atoms with Gasteiger partial charge in [0.15, 0.2) is 5.82 Å². The fraction of sp³-hybridized carbons (Fsp3) is 0.417. The SMILES string of the molecule is CCC(N)CC(=O)Nc1c(F)ccc(C)c1F. The first-order chi connectivity index (χ1) is 7.95. The molecule has 0 aliphatic heterocycles. The molecule has 3 nitrogen and oxygen atoms in total. The van der Waals surface area contributed by atoms with Gasteiger partial charge in [-0.3, -0.25) is 4.79 Å². The van der Waals surface area contributed by atoms with E-state index in [0.29, 0.717) is 6.42 Å². The van der Waals surface area contributed by atoms with Crippen LogP contribution in [-0.2, 0) is 4.79 Å². The Balaban J connectivity index is 2.81. The van der Waals surface area contributed by atoms with E-state index in [4.69, 9.17) is 5.73 Å². The van der Waals surface area contributed by atoms with Crippen molar-refractivity contribution in [1.82, 2.24) is 0 Å². The Morgan fingerprint density at radius 2 is 2.12 bits per heavy atom. The molecule has 17 heavy (non-hydrogen) atoms. The maximum Gasteiger partial charge on any atom is 0.226 e. The maximum atomic E-state index is 13.6. The number of nitrogens with one attached hydrogen (secondary N) is 1. The molecule has 1 rings (SSSR count). The molecule has 3 N–H and O–H groups in total. The summed E-state index contributed by atoms with van der Waals surface area (Å²) < 4.78 is 26.9. The van der Waals surface area contributed by atoms with Gasteiger partial charge in [-0.25, -0.2) is 8.78 Å². The Morgan fingerprint density at radius 3 is 2.71 bits per heavy atom. The number of anilines is 1. The largest absolute Gasteiger partial charge is 0.327 e. The molecule has 0 aromatic heterocycles. The molecule has 1 aromatic rings. The van der Waals surface area contributed by atoms with Crippen LogP contribution in [0.25, 0.3) is 0 Å². The van der Waals surface area contributed by atoms with E-state index in [-0.39, 0.29) is 18.0 Å². The predicted octanol–water partition coefficient (Wildman–Crippen LogP) is 2.34. The molecule has 5 heteroatoms. The average molecular weight is 242 g/mol. The zero-order valence-corrected chi connectivity index (χ0v) is 9.89. The minimum Gasteiger partial charge on any atom is -0.327 e. The summed E-state index contributed by atoms with van der Waals surface area (Å²) in [6.07, 6.45) is 0.676. The summed E-state index contributed by atoms with van der Waals surface area (Å²) in [6.45, 7) is 3.34. The van der Waals surface area contributed by atoms with Crippen LogP contribution in [0.3, 0.4) is 0 Å². The Hall–Kier alpha value is -1.49. The monoisotopic (exact) mass is 242 g/mol. The zero-order chi connectivity index (χ0) is 13.0. The van der Waals surface area contributed by atoms with E-state index < -0.39 is 23.2 Å². The van der Waals surface area contributed by atoms with E-state index in [1.807, 2.05) is 6.92 Å². The van der Waals surface area contributed by atoms with Crippen molar-refractivity contribution in [2.45, 2.75) is 32.7 Å². The molecule has 0 aliphatic rings. The number of hydrogen-bond donors (Lipinski definition) is 2. The number of halogens is 2. The van der Waals surface area contributed by atoms with Gasteiger partial charge in [-0.15, -0.1) is 0 Å². The summed E-state index contributed by atoms with van der Waals surface area (Å²) in [5, 5.41) is 2.22. The lowest BCUT2D eigenvalue weighted by molar-refractivity contribution is -0.116. The lowest BCUT2D eigenvalue weighted by atomic mass is 10.1. The van der Waals surface area contributed by atoms with Crippen molar-refractivity contribution in [1.29, 1.82) is 0 Å². The molecule has 1 atom stereocenters. The van der Waals surface area contributed by atoms with Gasteiger partial charge >= 0.3 is 0 Å². The molecule has 1 aromatic carbocycles. The molecule has 0 saturated carbocycles. The normalized spacial score (nSPS) is 12.3. The second-order valence-corrected chi connectivity index (χ2v) is 3.97. The molecule has 0 radical (unpaired) electrons. The average Bonchev–Trinajstić information content (AvgIpc) is 2.29. The molecule has 0 bridgehead atoms. The molecule has 1 unspecified atom stereocenters. The second-order valence-electron chi connectivity index (χ2n) is 3.97. The number of benzene rings is 1. The third kappa shape index (κ3) is 3.49.